The highest BCUT2D eigenvalue weighted by molar-refractivity contribution is 5.85. The number of ether oxygens (including phenoxy) is 1. The minimum absolute atomic E-state index is 0.152. The Morgan fingerprint density at radius 3 is 2.53 bits per heavy atom. The summed E-state index contributed by atoms with van der Waals surface area (Å²) in [6, 6.07) is 0. The van der Waals surface area contributed by atoms with Gasteiger partial charge < -0.3 is 4.74 Å². The second kappa shape index (κ2) is 7.96. The van der Waals surface area contributed by atoms with Crippen molar-refractivity contribution >= 4 is 5.97 Å². The van der Waals surface area contributed by atoms with E-state index in [4.69, 9.17) is 0 Å². The molecule has 0 saturated carbocycles. The first-order valence-corrected chi connectivity index (χ1v) is 5.15. The number of nitrogens with zero attached hydrogens (tertiary/aromatic N) is 1. The molecular weight excluding hydrogens is 198 g/mol. The standard InChI is InChI=1S/C10H17NO4/c1-3-5-6-7-8-9(11(13)14)10(12)15-4-2/h8H,3-7H2,1-2H3. The van der Waals surface area contributed by atoms with Crippen LogP contribution < -0.4 is 0 Å². The molecule has 0 bridgehead atoms. The van der Waals surface area contributed by atoms with Gasteiger partial charge in [-0.05, 0) is 19.8 Å². The third kappa shape index (κ3) is 5.83. The molecule has 0 spiro atoms. The second-order valence-corrected chi connectivity index (χ2v) is 3.06. The summed E-state index contributed by atoms with van der Waals surface area (Å²) in [5.74, 6) is -0.848. The lowest BCUT2D eigenvalue weighted by atomic mass is 10.2. The van der Waals surface area contributed by atoms with Crippen molar-refractivity contribution < 1.29 is 14.5 Å². The van der Waals surface area contributed by atoms with Crippen molar-refractivity contribution in [3.8, 4) is 0 Å². The van der Waals surface area contributed by atoms with E-state index in [1.54, 1.807) is 6.92 Å². The van der Waals surface area contributed by atoms with Crippen LogP contribution >= 0.6 is 0 Å². The Labute approximate surface area is 89.3 Å². The molecule has 0 N–H and O–H groups in total. The molecule has 0 atom stereocenters. The molecule has 0 aliphatic heterocycles. The van der Waals surface area contributed by atoms with Gasteiger partial charge in [-0.2, -0.15) is 0 Å². The van der Waals surface area contributed by atoms with Crippen LogP contribution in [0.4, 0.5) is 0 Å². The third-order valence-corrected chi connectivity index (χ3v) is 1.83. The molecule has 0 rings (SSSR count). The second-order valence-electron chi connectivity index (χ2n) is 3.06. The number of carbonyl (C=O) groups excluding carboxylic acids is 1. The molecule has 86 valence electrons. The number of hydrogen-bond donors (Lipinski definition) is 0. The van der Waals surface area contributed by atoms with Crippen LogP contribution in [0.3, 0.4) is 0 Å². The zero-order valence-corrected chi connectivity index (χ0v) is 9.19. The maximum absolute atomic E-state index is 11.1. The molecule has 0 aromatic carbocycles. The Morgan fingerprint density at radius 2 is 2.07 bits per heavy atom. The Morgan fingerprint density at radius 1 is 1.40 bits per heavy atom. The molecule has 0 aromatic heterocycles. The van der Waals surface area contributed by atoms with Crippen molar-refractivity contribution in [2.75, 3.05) is 6.61 Å². The summed E-state index contributed by atoms with van der Waals surface area (Å²) in [6.45, 7) is 3.81. The molecule has 0 unspecified atom stereocenters. The fraction of sp³-hybridized carbons (Fsp3) is 0.700. The van der Waals surface area contributed by atoms with E-state index >= 15 is 0 Å². The molecule has 5 heteroatoms. The number of rotatable bonds is 7. The van der Waals surface area contributed by atoms with Gasteiger partial charge in [0.15, 0.2) is 0 Å². The number of esters is 1. The maximum Gasteiger partial charge on any atom is 0.409 e. The van der Waals surface area contributed by atoms with E-state index in [9.17, 15) is 14.9 Å². The number of nitro groups is 1. The predicted molar refractivity (Wildman–Crippen MR) is 55.9 cm³/mol. The monoisotopic (exact) mass is 215 g/mol. The molecule has 0 aliphatic rings. The largest absolute Gasteiger partial charge is 0.458 e. The van der Waals surface area contributed by atoms with Gasteiger partial charge in [0.2, 0.25) is 0 Å². The highest BCUT2D eigenvalue weighted by Crippen LogP contribution is 2.06. The summed E-state index contributed by atoms with van der Waals surface area (Å²) in [5, 5.41) is 10.5. The highest BCUT2D eigenvalue weighted by atomic mass is 16.6. The molecule has 0 aliphatic carbocycles. The van der Waals surface area contributed by atoms with E-state index in [-0.39, 0.29) is 6.61 Å². The van der Waals surface area contributed by atoms with Gasteiger partial charge in [-0.25, -0.2) is 4.79 Å². The van der Waals surface area contributed by atoms with Crippen molar-refractivity contribution in [1.29, 1.82) is 0 Å². The summed E-state index contributed by atoms with van der Waals surface area (Å²) >= 11 is 0. The van der Waals surface area contributed by atoms with Crippen LogP contribution in [0.5, 0.6) is 0 Å². The summed E-state index contributed by atoms with van der Waals surface area (Å²) in [7, 11) is 0. The van der Waals surface area contributed by atoms with Gasteiger partial charge in [-0.3, -0.25) is 10.1 Å². The normalized spacial score (nSPS) is 11.2. The van der Waals surface area contributed by atoms with Gasteiger partial charge in [-0.1, -0.05) is 19.8 Å². The van der Waals surface area contributed by atoms with Gasteiger partial charge in [0, 0.05) is 6.08 Å². The van der Waals surface area contributed by atoms with Gasteiger partial charge in [0.05, 0.1) is 11.5 Å². The van der Waals surface area contributed by atoms with E-state index in [2.05, 4.69) is 4.74 Å². The molecule has 0 aromatic rings. The zero-order valence-electron chi connectivity index (χ0n) is 9.19. The van der Waals surface area contributed by atoms with E-state index in [1.165, 1.54) is 6.08 Å². The molecule has 0 saturated heterocycles. The first kappa shape index (κ1) is 13.6. The molecular formula is C10H17NO4. The Balaban J connectivity index is 4.25. The van der Waals surface area contributed by atoms with Crippen LogP contribution in [-0.2, 0) is 9.53 Å². The van der Waals surface area contributed by atoms with Gasteiger partial charge in [0.1, 0.15) is 0 Å². The van der Waals surface area contributed by atoms with E-state index in [0.29, 0.717) is 6.42 Å². The predicted octanol–water partition coefficient (Wildman–Crippen LogP) is 2.29. The summed E-state index contributed by atoms with van der Waals surface area (Å²) in [5.41, 5.74) is -0.451. The molecule has 0 heterocycles. The van der Waals surface area contributed by atoms with E-state index in [0.717, 1.165) is 19.3 Å². The van der Waals surface area contributed by atoms with Crippen molar-refractivity contribution in [2.45, 2.75) is 39.5 Å². The summed E-state index contributed by atoms with van der Waals surface area (Å²) in [4.78, 5) is 20.9. The molecule has 0 fully saturated rings. The van der Waals surface area contributed by atoms with Crippen LogP contribution in [0.1, 0.15) is 39.5 Å². The number of allylic oxidation sites excluding steroid dienone is 1. The number of unbranched alkanes of at least 4 members (excludes halogenated alkanes) is 3. The van der Waals surface area contributed by atoms with Crippen molar-refractivity contribution in [3.05, 3.63) is 21.9 Å². The topological polar surface area (TPSA) is 69.4 Å². The molecule has 0 amide bonds. The minimum Gasteiger partial charge on any atom is -0.458 e. The van der Waals surface area contributed by atoms with Gasteiger partial charge >= 0.3 is 11.7 Å². The molecule has 15 heavy (non-hydrogen) atoms. The van der Waals surface area contributed by atoms with Gasteiger partial charge in [-0.15, -0.1) is 0 Å². The number of hydrogen-bond acceptors (Lipinski definition) is 4. The lowest BCUT2D eigenvalue weighted by Crippen LogP contribution is -2.14. The van der Waals surface area contributed by atoms with Crippen LogP contribution in [0.2, 0.25) is 0 Å². The fourth-order valence-electron chi connectivity index (χ4n) is 1.07. The van der Waals surface area contributed by atoms with Crippen LogP contribution in [-0.4, -0.2) is 17.5 Å². The Kier molecular flexibility index (Phi) is 7.23. The molecule has 0 radical (unpaired) electrons. The average molecular weight is 215 g/mol. The van der Waals surface area contributed by atoms with E-state index < -0.39 is 16.6 Å². The van der Waals surface area contributed by atoms with Gasteiger partial charge in [0.25, 0.3) is 0 Å². The lowest BCUT2D eigenvalue weighted by molar-refractivity contribution is -0.421. The lowest BCUT2D eigenvalue weighted by Gasteiger charge is -1.98. The first-order valence-electron chi connectivity index (χ1n) is 5.15. The van der Waals surface area contributed by atoms with Crippen LogP contribution in [0, 0.1) is 10.1 Å². The quantitative estimate of drug-likeness (QED) is 0.215. The van der Waals surface area contributed by atoms with Crippen LogP contribution in [0.25, 0.3) is 0 Å². The minimum atomic E-state index is -0.848. The average Bonchev–Trinajstić information content (AvgIpc) is 2.17. The first-order chi connectivity index (χ1) is 7.13. The zero-order chi connectivity index (χ0) is 11.7. The van der Waals surface area contributed by atoms with Crippen molar-refractivity contribution in [1.82, 2.24) is 0 Å². The summed E-state index contributed by atoms with van der Waals surface area (Å²) in [6.07, 6.45) is 4.79. The third-order valence-electron chi connectivity index (χ3n) is 1.83. The Bertz CT molecular complexity index is 248. The van der Waals surface area contributed by atoms with Crippen molar-refractivity contribution in [2.24, 2.45) is 0 Å². The fourth-order valence-corrected chi connectivity index (χ4v) is 1.07. The maximum atomic E-state index is 11.1. The summed E-state index contributed by atoms with van der Waals surface area (Å²) < 4.78 is 4.57. The highest BCUT2D eigenvalue weighted by Gasteiger charge is 2.22. The SMILES string of the molecule is CCCCCC=C(C(=O)OCC)[N+](=O)[O-]. The van der Waals surface area contributed by atoms with E-state index in [1.807, 2.05) is 6.92 Å². The molecule has 5 nitrogen and oxygen atoms in total. The van der Waals surface area contributed by atoms with Crippen molar-refractivity contribution in [3.63, 3.8) is 0 Å². The number of carbonyl (C=O) groups is 1. The van der Waals surface area contributed by atoms with Crippen LogP contribution in [0.15, 0.2) is 11.8 Å². The smallest absolute Gasteiger partial charge is 0.409 e. The Hall–Kier alpha value is -1.39.